The molecule has 0 atom stereocenters. The average molecular weight is 139 g/mol. The van der Waals surface area contributed by atoms with Gasteiger partial charge in [-0.25, -0.2) is 9.03 Å². The number of hydrogen-bond acceptors (Lipinski definition) is 3. The van der Waals surface area contributed by atoms with Gasteiger partial charge in [0.15, 0.2) is 17.0 Å². The van der Waals surface area contributed by atoms with Crippen molar-refractivity contribution in [1.29, 1.82) is 2.56 Å². The summed E-state index contributed by atoms with van der Waals surface area (Å²) in [5.74, 6) is 0. The van der Waals surface area contributed by atoms with Gasteiger partial charge in [0.25, 0.3) is 0 Å². The molecule has 0 aromatic rings. The lowest BCUT2D eigenvalue weighted by atomic mass is 13.8. The fraction of sp³-hybridized carbons (Fsp3) is 0. The summed E-state index contributed by atoms with van der Waals surface area (Å²) in [5.41, 5.74) is 0. The van der Waals surface area contributed by atoms with Gasteiger partial charge in [0.1, 0.15) is 0 Å². The predicted octanol–water partition coefficient (Wildman–Crippen LogP) is 2.60. The summed E-state index contributed by atoms with van der Waals surface area (Å²) in [7, 11) is -1.71. The van der Waals surface area contributed by atoms with E-state index >= 15 is 0 Å². The average Bonchev–Trinajstić information content (AvgIpc) is 1.65. The SMILES string of the molecule is [2H]P1([2H])=NP=NP=N1. The van der Waals surface area contributed by atoms with Crippen molar-refractivity contribution in [2.45, 2.75) is 0 Å². The second-order valence-corrected chi connectivity index (χ2v) is 3.22. The molecular weight excluding hydrogens is 135 g/mol. The van der Waals surface area contributed by atoms with Crippen LogP contribution in [-0.2, 0) is 0 Å². The standard InChI is InChI=1S/H2N3P3/c1-4-2-6-3-5-1/h4H2/i4D2. The van der Waals surface area contributed by atoms with Crippen molar-refractivity contribution in [3.8, 4) is 0 Å². The van der Waals surface area contributed by atoms with Crippen molar-refractivity contribution in [2.75, 3.05) is 0 Å². The number of nitrogens with zero attached hydrogens (tertiary/aromatic N) is 3. The Hall–Kier alpha value is 0.430. The summed E-state index contributed by atoms with van der Waals surface area (Å²) in [4.78, 5) is 0. The van der Waals surface area contributed by atoms with Gasteiger partial charge in [0.2, 0.25) is 0 Å². The second-order valence-electron chi connectivity index (χ2n) is 0.537. The van der Waals surface area contributed by atoms with Gasteiger partial charge in [-0.1, -0.05) is 0 Å². The molecule has 1 heterocycles. The van der Waals surface area contributed by atoms with E-state index in [1.165, 1.54) is 0 Å². The van der Waals surface area contributed by atoms with Crippen LogP contribution in [-0.4, -0.2) is 2.56 Å². The van der Waals surface area contributed by atoms with Crippen molar-refractivity contribution >= 4 is 25.5 Å². The van der Waals surface area contributed by atoms with Gasteiger partial charge in [-0.15, -0.1) is 0 Å². The van der Waals surface area contributed by atoms with E-state index in [4.69, 9.17) is 2.56 Å². The Balaban J connectivity index is 3.00. The minimum Gasteiger partial charge on any atom is -0.210 e. The molecule has 0 aliphatic carbocycles. The third kappa shape index (κ3) is 1.26. The predicted molar refractivity (Wildman–Crippen MR) is 30.8 cm³/mol. The van der Waals surface area contributed by atoms with Crippen LogP contribution in [0.5, 0.6) is 0 Å². The van der Waals surface area contributed by atoms with Crippen LogP contribution in [0, 0.1) is 0 Å². The van der Waals surface area contributed by atoms with E-state index in [9.17, 15) is 0 Å². The molecule has 0 saturated heterocycles. The Morgan fingerprint density at radius 3 is 3.00 bits per heavy atom. The zero-order valence-electron chi connectivity index (χ0n) is 4.68. The molecule has 1 aliphatic heterocycles. The summed E-state index contributed by atoms with van der Waals surface area (Å²) in [6.07, 6.45) is 0. The molecule has 6 heavy (non-hydrogen) atoms. The molecular formula is H2N3P3. The molecule has 0 spiro atoms. The lowest BCUT2D eigenvalue weighted by Gasteiger charge is -1.75. The smallest absolute Gasteiger partial charge is 0.159 e. The Morgan fingerprint density at radius 1 is 1.67 bits per heavy atom. The van der Waals surface area contributed by atoms with E-state index in [1.807, 2.05) is 0 Å². The summed E-state index contributed by atoms with van der Waals surface area (Å²) in [5, 5.41) is 0. The Kier molecular flexibility index (Phi) is 1.15. The van der Waals surface area contributed by atoms with Gasteiger partial charge in [-0.3, -0.25) is 0 Å². The molecule has 0 amide bonds. The largest absolute Gasteiger partial charge is 0.210 e. The topological polar surface area (TPSA) is 37.1 Å². The molecule has 0 fully saturated rings. The van der Waals surface area contributed by atoms with Gasteiger partial charge in [0.05, 0.1) is 11.0 Å². The third-order valence-electron chi connectivity index (χ3n) is 0.240. The van der Waals surface area contributed by atoms with Crippen molar-refractivity contribution < 1.29 is 0 Å². The van der Waals surface area contributed by atoms with Crippen LogP contribution in [0.4, 0.5) is 0 Å². The molecule has 0 N–H and O–H groups in total. The summed E-state index contributed by atoms with van der Waals surface area (Å²) < 4.78 is 24.7. The first kappa shape index (κ1) is 2.67. The van der Waals surface area contributed by atoms with Gasteiger partial charge < -0.3 is 0 Å². The molecule has 0 aromatic heterocycles. The molecule has 6 heteroatoms. The molecule has 1 aliphatic rings. The van der Waals surface area contributed by atoms with E-state index in [1.54, 1.807) is 0 Å². The highest BCUT2D eigenvalue weighted by molar-refractivity contribution is 7.50. The zero-order chi connectivity index (χ0) is 6.04. The molecule has 0 saturated carbocycles. The summed E-state index contributed by atoms with van der Waals surface area (Å²) >= 11 is 0. The summed E-state index contributed by atoms with van der Waals surface area (Å²) in [6, 6.07) is 0. The maximum Gasteiger partial charge on any atom is 0.159 e. The van der Waals surface area contributed by atoms with Gasteiger partial charge in [-0.2, -0.15) is 4.52 Å². The van der Waals surface area contributed by atoms with Crippen molar-refractivity contribution in [2.24, 2.45) is 13.5 Å². The highest BCUT2D eigenvalue weighted by atomic mass is 31.1. The van der Waals surface area contributed by atoms with Crippen LogP contribution < -0.4 is 0 Å². The van der Waals surface area contributed by atoms with E-state index in [0.717, 1.165) is 0 Å². The van der Waals surface area contributed by atoms with Crippen LogP contribution in [0.25, 0.3) is 0 Å². The first-order chi connectivity index (χ1) is 3.71. The molecule has 3 nitrogen and oxygen atoms in total. The van der Waals surface area contributed by atoms with Crippen LogP contribution in [0.3, 0.4) is 0 Å². The Morgan fingerprint density at radius 2 is 2.67 bits per heavy atom. The van der Waals surface area contributed by atoms with Gasteiger partial charge in [-0.05, 0) is 0 Å². The zero-order valence-corrected chi connectivity index (χ0v) is 5.37. The minimum atomic E-state index is -2.71. The quantitative estimate of drug-likeness (QED) is 0.462. The third-order valence-corrected chi connectivity index (χ3v) is 2.16. The molecule has 1 rings (SSSR count). The highest BCUT2D eigenvalue weighted by Crippen LogP contribution is 2.27. The number of hydrogen-bond donors (Lipinski definition) is 0. The monoisotopic (exact) mass is 139 g/mol. The van der Waals surface area contributed by atoms with Gasteiger partial charge in [0, 0.05) is 0 Å². The van der Waals surface area contributed by atoms with Crippen molar-refractivity contribution in [1.82, 2.24) is 0 Å². The van der Waals surface area contributed by atoms with Crippen molar-refractivity contribution in [3.05, 3.63) is 0 Å². The molecule has 0 aromatic carbocycles. The fourth-order valence-electron chi connectivity index (χ4n) is 0.107. The molecule has 0 radical (unpaired) electrons. The lowest BCUT2D eigenvalue weighted by Crippen LogP contribution is -1.22. The highest BCUT2D eigenvalue weighted by Gasteiger charge is 1.69. The Bertz CT molecular complexity index is 187. The fourth-order valence-corrected chi connectivity index (χ4v) is 1.93. The maximum absolute atomic E-state index is 7.00. The van der Waals surface area contributed by atoms with Crippen LogP contribution in [0.1, 0.15) is 0 Å². The maximum atomic E-state index is 7.00. The van der Waals surface area contributed by atoms with E-state index < -0.39 is 8.41 Å². The molecule has 32 valence electrons. The van der Waals surface area contributed by atoms with Crippen LogP contribution in [0.15, 0.2) is 13.5 Å². The van der Waals surface area contributed by atoms with Gasteiger partial charge >= 0.3 is 0 Å². The normalized spacial score (nSPS) is 36.0. The molecule has 0 unspecified atom stereocenters. The summed E-state index contributed by atoms with van der Waals surface area (Å²) in [6.45, 7) is 0. The Labute approximate surface area is 42.6 Å². The van der Waals surface area contributed by atoms with Crippen LogP contribution >= 0.6 is 25.5 Å². The first-order valence-corrected chi connectivity index (χ1v) is 3.60. The molecule has 0 bridgehead atoms. The van der Waals surface area contributed by atoms with Crippen molar-refractivity contribution in [3.63, 3.8) is 0 Å². The van der Waals surface area contributed by atoms with Crippen LogP contribution in [0.2, 0.25) is 0 Å². The number of rotatable bonds is 0. The lowest BCUT2D eigenvalue weighted by molar-refractivity contribution is 1.85. The second kappa shape index (κ2) is 2.58. The van der Waals surface area contributed by atoms with E-state index in [2.05, 4.69) is 13.5 Å². The van der Waals surface area contributed by atoms with E-state index in [-0.39, 0.29) is 0 Å². The first-order valence-electron chi connectivity index (χ1n) is 2.09. The minimum absolute atomic E-state index is 0.496. The van der Waals surface area contributed by atoms with E-state index in [0.29, 0.717) is 17.0 Å².